The summed E-state index contributed by atoms with van der Waals surface area (Å²) in [4.78, 5) is 12.0. The zero-order valence-corrected chi connectivity index (χ0v) is 16.5. The summed E-state index contributed by atoms with van der Waals surface area (Å²) in [6.07, 6.45) is 0. The zero-order chi connectivity index (χ0) is 16.3. The first-order valence-corrected chi connectivity index (χ1v) is 8.76. The van der Waals surface area contributed by atoms with Gasteiger partial charge in [-0.25, -0.2) is 0 Å². The van der Waals surface area contributed by atoms with Crippen LogP contribution in [0.1, 0.15) is 11.1 Å². The van der Waals surface area contributed by atoms with Crippen LogP contribution in [0.4, 0.5) is 5.69 Å². The van der Waals surface area contributed by atoms with Gasteiger partial charge in [-0.2, -0.15) is 0 Å². The van der Waals surface area contributed by atoms with E-state index >= 15 is 0 Å². The Morgan fingerprint density at radius 3 is 2.50 bits per heavy atom. The number of benzene rings is 2. The van der Waals surface area contributed by atoms with Crippen molar-refractivity contribution in [3.8, 4) is 5.75 Å². The van der Waals surface area contributed by atoms with Gasteiger partial charge >= 0.3 is 0 Å². The smallest absolute Gasteiger partial charge is 0.262 e. The van der Waals surface area contributed by atoms with Gasteiger partial charge < -0.3 is 10.1 Å². The molecule has 2 aromatic carbocycles. The monoisotopic (exact) mass is 493 g/mol. The first kappa shape index (κ1) is 17.6. The maximum atomic E-state index is 12.0. The molecule has 22 heavy (non-hydrogen) atoms. The van der Waals surface area contributed by atoms with Crippen LogP contribution in [-0.4, -0.2) is 12.5 Å². The molecule has 2 aromatic rings. The van der Waals surface area contributed by atoms with E-state index < -0.39 is 0 Å². The molecule has 0 aliphatic carbocycles. The molecule has 0 unspecified atom stereocenters. The second kappa shape index (κ2) is 7.66. The minimum atomic E-state index is -0.203. The number of hydrogen-bond acceptors (Lipinski definition) is 2. The summed E-state index contributed by atoms with van der Waals surface area (Å²) in [5, 5.41) is 3.55. The van der Waals surface area contributed by atoms with Gasteiger partial charge in [0.2, 0.25) is 0 Å². The van der Waals surface area contributed by atoms with E-state index in [9.17, 15) is 4.79 Å². The maximum Gasteiger partial charge on any atom is 0.262 e. The topological polar surface area (TPSA) is 38.3 Å². The Hall–Kier alpha value is -0.790. The predicted octanol–water partition coefficient (Wildman–Crippen LogP) is 5.34. The number of rotatable bonds is 4. The standard InChI is InChI=1S/C16H14BrClINO2/c1-9-5-12(6-10(2)16(9)18)22-8-15(21)20-14-4-3-11(17)7-13(14)19/h3-7H,8H2,1-2H3,(H,20,21). The third-order valence-electron chi connectivity index (χ3n) is 2.99. The highest BCUT2D eigenvalue weighted by molar-refractivity contribution is 14.1. The van der Waals surface area contributed by atoms with E-state index in [1.807, 2.05) is 44.2 Å². The molecule has 0 aromatic heterocycles. The SMILES string of the molecule is Cc1cc(OCC(=O)Nc2ccc(Br)cc2I)cc(C)c1Cl. The largest absolute Gasteiger partial charge is 0.484 e. The summed E-state index contributed by atoms with van der Waals surface area (Å²) < 4.78 is 7.47. The number of amides is 1. The number of aryl methyl sites for hydroxylation is 2. The van der Waals surface area contributed by atoms with Crippen molar-refractivity contribution in [2.45, 2.75) is 13.8 Å². The number of anilines is 1. The molecule has 3 nitrogen and oxygen atoms in total. The van der Waals surface area contributed by atoms with E-state index in [1.54, 1.807) is 0 Å². The lowest BCUT2D eigenvalue weighted by Crippen LogP contribution is -2.20. The van der Waals surface area contributed by atoms with Crippen molar-refractivity contribution < 1.29 is 9.53 Å². The van der Waals surface area contributed by atoms with Crippen molar-refractivity contribution in [2.75, 3.05) is 11.9 Å². The van der Waals surface area contributed by atoms with Crippen molar-refractivity contribution in [3.05, 3.63) is 54.5 Å². The summed E-state index contributed by atoms with van der Waals surface area (Å²) in [5.41, 5.74) is 2.62. The minimum absolute atomic E-state index is 0.0490. The lowest BCUT2D eigenvalue weighted by atomic mass is 10.1. The van der Waals surface area contributed by atoms with Gasteiger partial charge in [0.25, 0.3) is 5.91 Å². The molecule has 6 heteroatoms. The van der Waals surface area contributed by atoms with Crippen LogP contribution in [0.2, 0.25) is 5.02 Å². The molecule has 1 amide bonds. The minimum Gasteiger partial charge on any atom is -0.484 e. The Labute approximate surface area is 156 Å². The summed E-state index contributed by atoms with van der Waals surface area (Å²) in [6, 6.07) is 9.31. The van der Waals surface area contributed by atoms with Crippen molar-refractivity contribution in [2.24, 2.45) is 0 Å². The molecule has 0 atom stereocenters. The first-order valence-electron chi connectivity index (χ1n) is 6.51. The lowest BCUT2D eigenvalue weighted by molar-refractivity contribution is -0.118. The van der Waals surface area contributed by atoms with Crippen LogP contribution in [0.15, 0.2) is 34.8 Å². The molecule has 0 bridgehead atoms. The van der Waals surface area contributed by atoms with Crippen molar-refractivity contribution in [1.82, 2.24) is 0 Å². The summed E-state index contributed by atoms with van der Waals surface area (Å²) in [6.45, 7) is 3.77. The summed E-state index contributed by atoms with van der Waals surface area (Å²) in [7, 11) is 0. The van der Waals surface area contributed by atoms with Gasteiger partial charge in [0, 0.05) is 13.1 Å². The van der Waals surface area contributed by atoms with E-state index in [2.05, 4.69) is 43.8 Å². The number of carbonyl (C=O) groups excluding carboxylic acids is 1. The molecule has 1 N–H and O–H groups in total. The Morgan fingerprint density at radius 2 is 1.91 bits per heavy atom. The van der Waals surface area contributed by atoms with Gasteiger partial charge in [0.15, 0.2) is 6.61 Å². The fourth-order valence-corrected chi connectivity index (χ4v) is 3.46. The van der Waals surface area contributed by atoms with Crippen LogP contribution in [0.5, 0.6) is 5.75 Å². The van der Waals surface area contributed by atoms with E-state index in [-0.39, 0.29) is 12.5 Å². The summed E-state index contributed by atoms with van der Waals surface area (Å²) in [5.74, 6) is 0.436. The van der Waals surface area contributed by atoms with Gasteiger partial charge in [-0.1, -0.05) is 27.5 Å². The van der Waals surface area contributed by atoms with E-state index in [4.69, 9.17) is 16.3 Å². The molecule has 0 heterocycles. The van der Waals surface area contributed by atoms with Crippen LogP contribution in [0.3, 0.4) is 0 Å². The Bertz CT molecular complexity index is 698. The number of carbonyl (C=O) groups is 1. The van der Waals surface area contributed by atoms with Gasteiger partial charge in [-0.3, -0.25) is 4.79 Å². The Morgan fingerprint density at radius 1 is 1.27 bits per heavy atom. The van der Waals surface area contributed by atoms with Crippen molar-refractivity contribution in [3.63, 3.8) is 0 Å². The maximum absolute atomic E-state index is 12.0. The number of nitrogens with one attached hydrogen (secondary N) is 1. The molecule has 0 fully saturated rings. The second-order valence-electron chi connectivity index (χ2n) is 4.83. The zero-order valence-electron chi connectivity index (χ0n) is 12.0. The summed E-state index contributed by atoms with van der Waals surface area (Å²) >= 11 is 11.7. The molecule has 0 radical (unpaired) electrons. The molecule has 0 saturated carbocycles. The number of hydrogen-bond donors (Lipinski definition) is 1. The lowest BCUT2D eigenvalue weighted by Gasteiger charge is -2.11. The first-order chi connectivity index (χ1) is 10.4. The van der Waals surface area contributed by atoms with E-state index in [0.29, 0.717) is 5.75 Å². The molecule has 0 aliphatic rings. The molecule has 116 valence electrons. The van der Waals surface area contributed by atoms with Crippen LogP contribution in [-0.2, 0) is 4.79 Å². The van der Waals surface area contributed by atoms with Crippen molar-refractivity contribution in [1.29, 1.82) is 0 Å². The van der Waals surface area contributed by atoms with Crippen LogP contribution in [0, 0.1) is 17.4 Å². The van der Waals surface area contributed by atoms with Crippen molar-refractivity contribution >= 4 is 61.7 Å². The van der Waals surface area contributed by atoms with Crippen LogP contribution in [0.25, 0.3) is 0 Å². The molecule has 2 rings (SSSR count). The van der Waals surface area contributed by atoms with Gasteiger partial charge in [0.1, 0.15) is 5.75 Å². The molecular formula is C16H14BrClINO2. The highest BCUT2D eigenvalue weighted by atomic mass is 127. The van der Waals surface area contributed by atoms with Gasteiger partial charge in [0.05, 0.1) is 5.69 Å². The third kappa shape index (κ3) is 4.60. The van der Waals surface area contributed by atoms with E-state index in [1.165, 1.54) is 0 Å². The fraction of sp³-hybridized carbons (Fsp3) is 0.188. The number of halogens is 3. The fourth-order valence-electron chi connectivity index (χ4n) is 1.92. The second-order valence-corrected chi connectivity index (χ2v) is 7.29. The highest BCUT2D eigenvalue weighted by Crippen LogP contribution is 2.26. The quantitative estimate of drug-likeness (QED) is 0.583. The van der Waals surface area contributed by atoms with Gasteiger partial charge in [-0.15, -0.1) is 0 Å². The average Bonchev–Trinajstić information content (AvgIpc) is 2.45. The predicted molar refractivity (Wildman–Crippen MR) is 102 cm³/mol. The van der Waals surface area contributed by atoms with Crippen LogP contribution >= 0.6 is 50.1 Å². The Balaban J connectivity index is 1.98. The molecule has 0 spiro atoms. The van der Waals surface area contributed by atoms with Crippen LogP contribution < -0.4 is 10.1 Å². The molecular weight excluding hydrogens is 480 g/mol. The normalized spacial score (nSPS) is 10.4. The van der Waals surface area contributed by atoms with Gasteiger partial charge in [-0.05, 0) is 77.9 Å². The molecule has 0 aliphatic heterocycles. The molecule has 0 saturated heterocycles. The van der Waals surface area contributed by atoms with E-state index in [0.717, 1.165) is 29.9 Å². The number of ether oxygens (including phenoxy) is 1. The average molecular weight is 495 g/mol. The Kier molecular flexibility index (Phi) is 6.11. The highest BCUT2D eigenvalue weighted by Gasteiger charge is 2.08. The third-order valence-corrected chi connectivity index (χ3v) is 4.97.